The Morgan fingerprint density at radius 1 is 1.03 bits per heavy atom. The molecule has 0 saturated carbocycles. The third-order valence-corrected chi connectivity index (χ3v) is 4.82. The number of phenolic OH excluding ortho intramolecular Hbond substituents is 1. The maximum Gasteiger partial charge on any atom is 0.260 e. The van der Waals surface area contributed by atoms with Crippen LogP contribution in [0.15, 0.2) is 76.6 Å². The number of nitrogens with one attached hydrogen (secondary N) is 1. The minimum Gasteiger partial charge on any atom is -0.504 e. The largest absolute Gasteiger partial charge is 0.504 e. The highest BCUT2D eigenvalue weighted by Crippen LogP contribution is 2.27. The highest BCUT2D eigenvalue weighted by molar-refractivity contribution is 5.95. The summed E-state index contributed by atoms with van der Waals surface area (Å²) in [6.07, 6.45) is 1.34. The zero-order valence-electron chi connectivity index (χ0n) is 16.2. The average Bonchev–Trinajstić information content (AvgIpc) is 2.78. The van der Waals surface area contributed by atoms with E-state index < -0.39 is 0 Å². The predicted molar refractivity (Wildman–Crippen MR) is 116 cm³/mol. The van der Waals surface area contributed by atoms with Crippen molar-refractivity contribution >= 4 is 33.9 Å². The van der Waals surface area contributed by atoms with Crippen molar-refractivity contribution in [1.82, 2.24) is 9.99 Å². The molecule has 0 saturated heterocycles. The monoisotopic (exact) mass is 401 g/mol. The quantitative estimate of drug-likeness (QED) is 0.305. The lowest BCUT2D eigenvalue weighted by atomic mass is 10.1. The first-order valence-corrected chi connectivity index (χ1v) is 9.28. The van der Waals surface area contributed by atoms with Crippen molar-refractivity contribution in [2.45, 2.75) is 6.54 Å². The van der Waals surface area contributed by atoms with Crippen molar-refractivity contribution in [2.75, 3.05) is 7.11 Å². The van der Waals surface area contributed by atoms with Crippen molar-refractivity contribution in [3.8, 4) is 11.5 Å². The number of hydrogen-bond acceptors (Lipinski definition) is 5. The number of nitrogens with zero attached hydrogens (tertiary/aromatic N) is 2. The van der Waals surface area contributed by atoms with Crippen LogP contribution in [-0.4, -0.2) is 28.9 Å². The first kappa shape index (κ1) is 19.2. The van der Waals surface area contributed by atoms with Crippen molar-refractivity contribution in [3.05, 3.63) is 82.5 Å². The molecule has 0 radical (unpaired) electrons. The molecule has 0 atom stereocenters. The number of para-hydroxylation sites is 3. The highest BCUT2D eigenvalue weighted by Gasteiger charge is 2.12. The Balaban J connectivity index is 1.64. The molecule has 150 valence electrons. The standard InChI is InChI=1S/C23H19N3O4/c1-30-20-12-6-7-15(22(20)28)13-24-25-21(27)14-26-18-10-4-2-8-16(18)23(29)17-9-3-5-11-19(17)26/h2-13,28H,14H2,1H3,(H,25,27)/b24-13+. The first-order chi connectivity index (χ1) is 14.6. The van der Waals surface area contributed by atoms with Gasteiger partial charge in [0.2, 0.25) is 0 Å². The van der Waals surface area contributed by atoms with Crippen molar-refractivity contribution in [3.63, 3.8) is 0 Å². The normalized spacial score (nSPS) is 11.2. The zero-order chi connectivity index (χ0) is 21.1. The molecule has 1 amide bonds. The van der Waals surface area contributed by atoms with Gasteiger partial charge in [0.05, 0.1) is 24.4 Å². The van der Waals surface area contributed by atoms with Gasteiger partial charge in [-0.2, -0.15) is 5.10 Å². The maximum atomic E-state index is 12.8. The van der Waals surface area contributed by atoms with Crippen molar-refractivity contribution in [1.29, 1.82) is 0 Å². The van der Waals surface area contributed by atoms with Crippen LogP contribution in [0.1, 0.15) is 5.56 Å². The number of amides is 1. The summed E-state index contributed by atoms with van der Waals surface area (Å²) in [4.78, 5) is 25.3. The summed E-state index contributed by atoms with van der Waals surface area (Å²) in [6.45, 7) is -0.0251. The molecule has 0 aliphatic heterocycles. The van der Waals surface area contributed by atoms with Crippen LogP contribution >= 0.6 is 0 Å². The second kappa shape index (κ2) is 8.08. The van der Waals surface area contributed by atoms with E-state index in [1.54, 1.807) is 47.0 Å². The predicted octanol–water partition coefficient (Wildman–Crippen LogP) is 3.02. The number of aromatic hydroxyl groups is 1. The van der Waals surface area contributed by atoms with Gasteiger partial charge >= 0.3 is 0 Å². The second-order valence-electron chi connectivity index (χ2n) is 6.64. The SMILES string of the molecule is COc1cccc(/C=N/NC(=O)Cn2c3ccccc3c(=O)c3ccccc32)c1O. The van der Waals surface area contributed by atoms with Crippen LogP contribution in [0.2, 0.25) is 0 Å². The molecule has 0 bridgehead atoms. The Morgan fingerprint density at radius 3 is 2.30 bits per heavy atom. The average molecular weight is 401 g/mol. The molecule has 0 fully saturated rings. The molecule has 7 nitrogen and oxygen atoms in total. The molecule has 0 aliphatic carbocycles. The third-order valence-electron chi connectivity index (χ3n) is 4.82. The van der Waals surface area contributed by atoms with Crippen LogP contribution in [0.4, 0.5) is 0 Å². The lowest BCUT2D eigenvalue weighted by Crippen LogP contribution is -2.25. The van der Waals surface area contributed by atoms with E-state index in [-0.39, 0.29) is 23.6 Å². The molecular weight excluding hydrogens is 382 g/mol. The van der Waals surface area contributed by atoms with Gasteiger partial charge in [-0.3, -0.25) is 9.59 Å². The van der Waals surface area contributed by atoms with Gasteiger partial charge < -0.3 is 14.4 Å². The van der Waals surface area contributed by atoms with Gasteiger partial charge in [-0.05, 0) is 36.4 Å². The van der Waals surface area contributed by atoms with E-state index in [4.69, 9.17) is 4.74 Å². The maximum absolute atomic E-state index is 12.8. The number of methoxy groups -OCH3 is 1. The fraction of sp³-hybridized carbons (Fsp3) is 0.0870. The third kappa shape index (κ3) is 3.48. The molecule has 0 aliphatic rings. The van der Waals surface area contributed by atoms with E-state index in [1.807, 2.05) is 24.3 Å². The lowest BCUT2D eigenvalue weighted by Gasteiger charge is -2.14. The van der Waals surface area contributed by atoms with Crippen molar-refractivity contribution < 1.29 is 14.6 Å². The van der Waals surface area contributed by atoms with Gasteiger partial charge in [0.15, 0.2) is 16.9 Å². The Labute approximate surface area is 171 Å². The number of benzene rings is 3. The number of pyridine rings is 1. The topological polar surface area (TPSA) is 92.9 Å². The molecule has 7 heteroatoms. The Morgan fingerprint density at radius 2 is 1.67 bits per heavy atom. The van der Waals surface area contributed by atoms with Crippen molar-refractivity contribution in [2.24, 2.45) is 5.10 Å². The van der Waals surface area contributed by atoms with Gasteiger partial charge in [-0.1, -0.05) is 30.3 Å². The van der Waals surface area contributed by atoms with Crippen LogP contribution in [0.5, 0.6) is 11.5 Å². The molecule has 0 unspecified atom stereocenters. The number of aromatic nitrogens is 1. The van der Waals surface area contributed by atoms with Gasteiger partial charge in [0.25, 0.3) is 5.91 Å². The Hall–Kier alpha value is -4.13. The van der Waals surface area contributed by atoms with E-state index >= 15 is 0 Å². The van der Waals surface area contributed by atoms with Crippen LogP contribution in [0.3, 0.4) is 0 Å². The number of rotatable bonds is 5. The minimum absolute atomic E-state index is 0.0251. The summed E-state index contributed by atoms with van der Waals surface area (Å²) < 4.78 is 6.85. The van der Waals surface area contributed by atoms with Crippen LogP contribution < -0.4 is 15.6 Å². The van der Waals surface area contributed by atoms with Crippen LogP contribution in [-0.2, 0) is 11.3 Å². The molecular formula is C23H19N3O4. The molecule has 30 heavy (non-hydrogen) atoms. The number of fused-ring (bicyclic) bond motifs is 2. The van der Waals surface area contributed by atoms with Gasteiger partial charge in [0.1, 0.15) is 6.54 Å². The molecule has 2 N–H and O–H groups in total. The minimum atomic E-state index is -0.368. The highest BCUT2D eigenvalue weighted by atomic mass is 16.5. The zero-order valence-corrected chi connectivity index (χ0v) is 16.2. The smallest absolute Gasteiger partial charge is 0.260 e. The van der Waals surface area contributed by atoms with E-state index in [2.05, 4.69) is 10.5 Å². The fourth-order valence-corrected chi connectivity index (χ4v) is 3.41. The lowest BCUT2D eigenvalue weighted by molar-refractivity contribution is -0.121. The van der Waals surface area contributed by atoms with E-state index in [1.165, 1.54) is 13.3 Å². The number of carbonyl (C=O) groups is 1. The second-order valence-corrected chi connectivity index (χ2v) is 6.64. The number of phenols is 1. The Kier molecular flexibility index (Phi) is 5.17. The molecule has 1 heterocycles. The summed E-state index contributed by atoms with van der Waals surface area (Å²) in [6, 6.07) is 19.4. The fourth-order valence-electron chi connectivity index (χ4n) is 3.41. The number of hydrazone groups is 1. The summed E-state index contributed by atoms with van der Waals surface area (Å²) in [5.41, 5.74) is 4.16. The number of hydrogen-bond donors (Lipinski definition) is 2. The van der Waals surface area contributed by atoms with Gasteiger partial charge in [0, 0.05) is 16.3 Å². The van der Waals surface area contributed by atoms with Gasteiger partial charge in [-0.15, -0.1) is 0 Å². The summed E-state index contributed by atoms with van der Waals surface area (Å²) >= 11 is 0. The number of ether oxygens (including phenoxy) is 1. The summed E-state index contributed by atoms with van der Waals surface area (Å²) in [5.74, 6) is -0.112. The first-order valence-electron chi connectivity index (χ1n) is 9.28. The van der Waals surface area contributed by atoms with E-state index in [0.717, 1.165) is 0 Å². The Bertz CT molecular complexity index is 1280. The molecule has 3 aromatic carbocycles. The number of carbonyl (C=O) groups excluding carboxylic acids is 1. The van der Waals surface area contributed by atoms with Gasteiger partial charge in [-0.25, -0.2) is 5.43 Å². The molecule has 4 rings (SSSR count). The van der Waals surface area contributed by atoms with E-state index in [0.29, 0.717) is 33.1 Å². The molecule has 0 spiro atoms. The van der Waals surface area contributed by atoms with Crippen LogP contribution in [0.25, 0.3) is 21.8 Å². The molecule has 1 aromatic heterocycles. The van der Waals surface area contributed by atoms with Crippen LogP contribution in [0, 0.1) is 0 Å². The summed E-state index contributed by atoms with van der Waals surface area (Å²) in [7, 11) is 1.46. The summed E-state index contributed by atoms with van der Waals surface area (Å²) in [5, 5.41) is 15.1. The molecule has 4 aromatic rings. The van der Waals surface area contributed by atoms with E-state index in [9.17, 15) is 14.7 Å².